The Bertz CT molecular complexity index is 831. The van der Waals surface area contributed by atoms with Gasteiger partial charge in [0.2, 0.25) is 5.91 Å². The Labute approximate surface area is 168 Å². The van der Waals surface area contributed by atoms with E-state index in [-0.39, 0.29) is 5.91 Å². The van der Waals surface area contributed by atoms with Crippen molar-refractivity contribution in [1.29, 1.82) is 0 Å². The molecule has 1 aromatic heterocycles. The van der Waals surface area contributed by atoms with Gasteiger partial charge in [-0.25, -0.2) is 4.79 Å². The number of carbonyl (C=O) groups excluding carboxylic acids is 2. The quantitative estimate of drug-likeness (QED) is 0.515. The van der Waals surface area contributed by atoms with Crippen molar-refractivity contribution in [2.75, 3.05) is 12.4 Å². The van der Waals surface area contributed by atoms with Crippen molar-refractivity contribution in [1.82, 2.24) is 0 Å². The number of hydrogen-bond donors (Lipinski definition) is 1. The molecule has 2 atom stereocenters. The minimum atomic E-state index is -1.25. The summed E-state index contributed by atoms with van der Waals surface area (Å²) in [6, 6.07) is 6.50. The van der Waals surface area contributed by atoms with Crippen LogP contribution in [0.25, 0.3) is 0 Å². The fourth-order valence-electron chi connectivity index (χ4n) is 2.65. The third-order valence-corrected chi connectivity index (χ3v) is 6.12. The van der Waals surface area contributed by atoms with Crippen LogP contribution in [0.4, 0.5) is 5.69 Å². The number of nitrogens with one attached hydrogen (secondary N) is 1. The van der Waals surface area contributed by atoms with Gasteiger partial charge in [0.15, 0.2) is 0 Å². The van der Waals surface area contributed by atoms with Gasteiger partial charge in [-0.1, -0.05) is 23.2 Å². The van der Waals surface area contributed by atoms with Crippen LogP contribution in [0.15, 0.2) is 29.6 Å². The number of alkyl halides is 2. The maximum absolute atomic E-state index is 12.5. The third-order valence-electron chi connectivity index (χ3n) is 3.83. The van der Waals surface area contributed by atoms with E-state index in [1.807, 2.05) is 0 Å². The maximum atomic E-state index is 12.5. The molecule has 132 valence electrons. The lowest BCUT2D eigenvalue weighted by Crippen LogP contribution is -2.16. The first-order chi connectivity index (χ1) is 11.7. The van der Waals surface area contributed by atoms with Crippen molar-refractivity contribution in [3.8, 4) is 0 Å². The summed E-state index contributed by atoms with van der Waals surface area (Å²) in [4.78, 5) is 24.4. The summed E-state index contributed by atoms with van der Waals surface area (Å²) in [6.45, 7) is 0. The highest BCUT2D eigenvalue weighted by Gasteiger charge is 2.67. The minimum absolute atomic E-state index is 0.347. The molecule has 25 heavy (non-hydrogen) atoms. The topological polar surface area (TPSA) is 55.4 Å². The van der Waals surface area contributed by atoms with E-state index in [2.05, 4.69) is 10.1 Å². The predicted octanol–water partition coefficient (Wildman–Crippen LogP) is 5.37. The van der Waals surface area contributed by atoms with Gasteiger partial charge in [0.25, 0.3) is 0 Å². The van der Waals surface area contributed by atoms with Gasteiger partial charge < -0.3 is 10.1 Å². The molecule has 3 rings (SSSR count). The molecule has 0 radical (unpaired) electrons. The lowest BCUT2D eigenvalue weighted by atomic mass is 10.1. The Balaban J connectivity index is 1.76. The van der Waals surface area contributed by atoms with Gasteiger partial charge in [0.1, 0.15) is 9.21 Å². The van der Waals surface area contributed by atoms with Crippen LogP contribution in [0.2, 0.25) is 10.0 Å². The molecule has 0 saturated heterocycles. The molecule has 1 N–H and O–H groups in total. The first-order valence-corrected chi connectivity index (χ1v) is 9.44. The summed E-state index contributed by atoms with van der Waals surface area (Å²) in [5.41, 5.74) is 1.18. The van der Waals surface area contributed by atoms with Crippen molar-refractivity contribution in [2.45, 2.75) is 10.3 Å². The predicted molar refractivity (Wildman–Crippen MR) is 101 cm³/mol. The molecule has 9 heteroatoms. The van der Waals surface area contributed by atoms with Gasteiger partial charge in [0.05, 0.1) is 18.7 Å². The SMILES string of the molecule is COC(=O)c1cc(NC(=O)C2C(c3cc(Cl)cc(Cl)c3)C2(Cl)Cl)cs1. The molecule has 0 aliphatic heterocycles. The first-order valence-electron chi connectivity index (χ1n) is 7.05. The summed E-state index contributed by atoms with van der Waals surface area (Å²) in [6.07, 6.45) is 0. The maximum Gasteiger partial charge on any atom is 0.348 e. The van der Waals surface area contributed by atoms with Gasteiger partial charge in [-0.3, -0.25) is 4.79 Å². The van der Waals surface area contributed by atoms with E-state index in [1.54, 1.807) is 23.6 Å². The molecule has 1 heterocycles. The number of hydrogen-bond acceptors (Lipinski definition) is 4. The molecular formula is C16H11Cl4NO3S. The smallest absolute Gasteiger partial charge is 0.348 e. The average Bonchev–Trinajstić information content (AvgIpc) is 2.87. The zero-order valence-electron chi connectivity index (χ0n) is 12.7. The molecule has 0 bridgehead atoms. The molecule has 2 aromatic rings. The average molecular weight is 439 g/mol. The van der Waals surface area contributed by atoms with Crippen LogP contribution in [0.5, 0.6) is 0 Å². The molecule has 1 aromatic carbocycles. The molecule has 4 nitrogen and oxygen atoms in total. The first kappa shape index (κ1) is 18.8. The van der Waals surface area contributed by atoms with Crippen LogP contribution in [0.3, 0.4) is 0 Å². The number of halogens is 4. The number of thiophene rings is 1. The van der Waals surface area contributed by atoms with Crippen LogP contribution in [0, 0.1) is 5.92 Å². The highest BCUT2D eigenvalue weighted by molar-refractivity contribution is 7.12. The second kappa shape index (κ2) is 6.97. The molecule has 2 unspecified atom stereocenters. The summed E-state index contributed by atoms with van der Waals surface area (Å²) >= 11 is 25.8. The van der Waals surface area contributed by atoms with E-state index in [9.17, 15) is 9.59 Å². The van der Waals surface area contributed by atoms with E-state index in [1.165, 1.54) is 24.5 Å². The lowest BCUT2D eigenvalue weighted by Gasteiger charge is -2.03. The number of esters is 1. The fourth-order valence-corrected chi connectivity index (χ4v) is 4.78. The van der Waals surface area contributed by atoms with Crippen molar-refractivity contribution >= 4 is 75.3 Å². The Morgan fingerprint density at radius 1 is 1.16 bits per heavy atom. The molecular weight excluding hydrogens is 428 g/mol. The van der Waals surface area contributed by atoms with Crippen LogP contribution >= 0.6 is 57.7 Å². The minimum Gasteiger partial charge on any atom is -0.465 e. The zero-order chi connectivity index (χ0) is 18.4. The molecule has 1 amide bonds. The van der Waals surface area contributed by atoms with E-state index < -0.39 is 22.1 Å². The van der Waals surface area contributed by atoms with Gasteiger partial charge >= 0.3 is 5.97 Å². The third kappa shape index (κ3) is 3.76. The fraction of sp³-hybridized carbons (Fsp3) is 0.250. The van der Waals surface area contributed by atoms with Gasteiger partial charge in [0, 0.05) is 21.3 Å². The van der Waals surface area contributed by atoms with Gasteiger partial charge in [-0.05, 0) is 29.8 Å². The monoisotopic (exact) mass is 437 g/mol. The summed E-state index contributed by atoms with van der Waals surface area (Å²) in [7, 11) is 1.29. The number of benzene rings is 1. The van der Waals surface area contributed by atoms with Crippen LogP contribution in [-0.2, 0) is 9.53 Å². The Hall–Kier alpha value is -0.980. The largest absolute Gasteiger partial charge is 0.465 e. The Morgan fingerprint density at radius 2 is 1.80 bits per heavy atom. The number of anilines is 1. The lowest BCUT2D eigenvalue weighted by molar-refractivity contribution is -0.117. The molecule has 1 fully saturated rings. The number of methoxy groups -OCH3 is 1. The van der Waals surface area contributed by atoms with Gasteiger partial charge in [-0.2, -0.15) is 0 Å². The number of ether oxygens (including phenoxy) is 1. The van der Waals surface area contributed by atoms with E-state index >= 15 is 0 Å². The molecule has 1 aliphatic rings. The standard InChI is InChI=1S/C16H11Cl4NO3S/c1-24-15(23)11-5-10(6-25-11)21-14(22)13-12(16(13,19)20)7-2-8(17)4-9(18)3-7/h2-6,12-13H,1H3,(H,21,22). The summed E-state index contributed by atoms with van der Waals surface area (Å²) in [5, 5.41) is 5.24. The normalized spacial score (nSPS) is 20.8. The second-order valence-corrected chi connectivity index (χ2v) is 8.74. The van der Waals surface area contributed by atoms with Crippen LogP contribution in [-0.4, -0.2) is 23.3 Å². The van der Waals surface area contributed by atoms with E-state index in [4.69, 9.17) is 46.4 Å². The van der Waals surface area contributed by atoms with Crippen molar-refractivity contribution < 1.29 is 14.3 Å². The number of amides is 1. The second-order valence-electron chi connectivity index (χ2n) is 5.51. The number of rotatable bonds is 4. The summed E-state index contributed by atoms with van der Waals surface area (Å²) < 4.78 is 3.39. The molecule has 1 aliphatic carbocycles. The molecule has 0 spiro atoms. The van der Waals surface area contributed by atoms with Gasteiger partial charge in [-0.15, -0.1) is 34.5 Å². The molecule has 1 saturated carbocycles. The van der Waals surface area contributed by atoms with Crippen LogP contribution in [0.1, 0.15) is 21.2 Å². The van der Waals surface area contributed by atoms with E-state index in [0.717, 1.165) is 0 Å². The van der Waals surface area contributed by atoms with Crippen LogP contribution < -0.4 is 5.32 Å². The zero-order valence-corrected chi connectivity index (χ0v) is 16.5. The van der Waals surface area contributed by atoms with E-state index in [0.29, 0.717) is 26.2 Å². The van der Waals surface area contributed by atoms with Crippen molar-refractivity contribution in [2.24, 2.45) is 5.92 Å². The Morgan fingerprint density at radius 3 is 2.40 bits per heavy atom. The highest BCUT2D eigenvalue weighted by atomic mass is 35.5. The summed E-state index contributed by atoms with van der Waals surface area (Å²) in [5.74, 6) is -1.90. The van der Waals surface area contributed by atoms with Crippen molar-refractivity contribution in [3.63, 3.8) is 0 Å². The van der Waals surface area contributed by atoms with Crippen molar-refractivity contribution in [3.05, 3.63) is 50.1 Å². The highest BCUT2D eigenvalue weighted by Crippen LogP contribution is 2.65. The number of carbonyl (C=O) groups is 2. The Kier molecular flexibility index (Phi) is 5.24.